The first-order valence-corrected chi connectivity index (χ1v) is 5.34. The molecular formula is C7H17N3O2S. The number of hydrogen-bond acceptors (Lipinski definition) is 6. The Morgan fingerprint density at radius 3 is 2.92 bits per heavy atom. The Labute approximate surface area is 82.5 Å². The van der Waals surface area contributed by atoms with E-state index in [2.05, 4.69) is 4.84 Å². The van der Waals surface area contributed by atoms with E-state index in [-0.39, 0.29) is 12.0 Å². The number of hydrogen-bond donors (Lipinski definition) is 3. The third-order valence-electron chi connectivity index (χ3n) is 1.48. The molecule has 6 heteroatoms. The van der Waals surface area contributed by atoms with Crippen molar-refractivity contribution in [2.75, 3.05) is 11.5 Å². The van der Waals surface area contributed by atoms with E-state index in [1.807, 2.05) is 12.5 Å². The molecule has 0 heterocycles. The van der Waals surface area contributed by atoms with Crippen molar-refractivity contribution in [3.8, 4) is 0 Å². The smallest absolute Gasteiger partial charge is 0.327 e. The molecule has 0 radical (unpaired) electrons. The van der Waals surface area contributed by atoms with Crippen LogP contribution in [0, 0.1) is 0 Å². The number of hydrazine groups is 1. The molecule has 5 N–H and O–H groups in total. The Bertz CT molecular complexity index is 146. The summed E-state index contributed by atoms with van der Waals surface area (Å²) in [5.41, 5.74) is 7.52. The van der Waals surface area contributed by atoms with Gasteiger partial charge in [0.2, 0.25) is 0 Å². The van der Waals surface area contributed by atoms with Gasteiger partial charge in [-0.05, 0) is 6.42 Å². The maximum absolute atomic E-state index is 10.7. The first kappa shape index (κ1) is 12.7. The van der Waals surface area contributed by atoms with Crippen molar-refractivity contribution >= 4 is 17.7 Å². The molecule has 0 aromatic rings. The van der Waals surface area contributed by atoms with Crippen molar-refractivity contribution in [1.29, 1.82) is 0 Å². The highest BCUT2D eigenvalue weighted by molar-refractivity contribution is 7.99. The number of nitrogens with one attached hydrogen (secondary N) is 1. The summed E-state index contributed by atoms with van der Waals surface area (Å²) in [6.07, 6.45) is 1.31. The zero-order chi connectivity index (χ0) is 10.1. The van der Waals surface area contributed by atoms with E-state index in [4.69, 9.17) is 11.6 Å². The van der Waals surface area contributed by atoms with Crippen molar-refractivity contribution in [2.24, 2.45) is 11.6 Å². The third-order valence-corrected chi connectivity index (χ3v) is 2.64. The first-order chi connectivity index (χ1) is 6.20. The van der Waals surface area contributed by atoms with Gasteiger partial charge >= 0.3 is 5.97 Å². The predicted molar refractivity (Wildman–Crippen MR) is 53.6 cm³/mol. The minimum Gasteiger partial charge on any atom is -0.356 e. The lowest BCUT2D eigenvalue weighted by Crippen LogP contribution is -2.26. The zero-order valence-electron chi connectivity index (χ0n) is 7.79. The molecular weight excluding hydrogens is 190 g/mol. The predicted octanol–water partition coefficient (Wildman–Crippen LogP) is -0.231. The number of rotatable bonds is 7. The fourth-order valence-electron chi connectivity index (χ4n) is 0.625. The van der Waals surface area contributed by atoms with Gasteiger partial charge in [-0.25, -0.2) is 5.84 Å². The Hall–Kier alpha value is -0.300. The number of carbonyl (C=O) groups is 1. The van der Waals surface area contributed by atoms with Crippen LogP contribution in [0.2, 0.25) is 0 Å². The number of nitrogens with two attached hydrogens (primary N) is 2. The molecule has 78 valence electrons. The molecule has 1 unspecified atom stereocenters. The van der Waals surface area contributed by atoms with E-state index in [9.17, 15) is 4.79 Å². The highest BCUT2D eigenvalue weighted by atomic mass is 32.2. The molecule has 0 aromatic heterocycles. The standard InChI is InChI=1S/C7H17N3O2S/c1-2-6(8)5-13-4-3-7(11)12-10-9/h6,10H,2-5,8-9H2,1H3. The van der Waals surface area contributed by atoms with Crippen LogP contribution >= 0.6 is 11.8 Å². The van der Waals surface area contributed by atoms with E-state index < -0.39 is 0 Å². The van der Waals surface area contributed by atoms with E-state index >= 15 is 0 Å². The molecule has 13 heavy (non-hydrogen) atoms. The second-order valence-corrected chi connectivity index (χ2v) is 3.73. The number of thioether (sulfide) groups is 1. The molecule has 1 atom stereocenters. The second kappa shape index (κ2) is 8.31. The van der Waals surface area contributed by atoms with Gasteiger partial charge < -0.3 is 10.6 Å². The maximum atomic E-state index is 10.7. The van der Waals surface area contributed by atoms with Crippen molar-refractivity contribution in [3.63, 3.8) is 0 Å². The van der Waals surface area contributed by atoms with Crippen molar-refractivity contribution in [2.45, 2.75) is 25.8 Å². The fraction of sp³-hybridized carbons (Fsp3) is 0.857. The van der Waals surface area contributed by atoms with Gasteiger partial charge in [0.25, 0.3) is 0 Å². The van der Waals surface area contributed by atoms with Crippen molar-refractivity contribution < 1.29 is 9.63 Å². The van der Waals surface area contributed by atoms with Gasteiger partial charge in [-0.15, -0.1) is 0 Å². The van der Waals surface area contributed by atoms with E-state index in [0.29, 0.717) is 12.2 Å². The van der Waals surface area contributed by atoms with Gasteiger partial charge in [-0.3, -0.25) is 4.79 Å². The minimum atomic E-state index is -0.347. The minimum absolute atomic E-state index is 0.216. The van der Waals surface area contributed by atoms with E-state index in [1.165, 1.54) is 0 Å². The molecule has 0 saturated carbocycles. The lowest BCUT2D eigenvalue weighted by atomic mass is 10.3. The monoisotopic (exact) mass is 207 g/mol. The summed E-state index contributed by atoms with van der Waals surface area (Å²) in [5.74, 6) is 6.03. The lowest BCUT2D eigenvalue weighted by molar-refractivity contribution is -0.150. The van der Waals surface area contributed by atoms with Crippen molar-refractivity contribution in [1.82, 2.24) is 5.59 Å². The van der Waals surface area contributed by atoms with Crippen molar-refractivity contribution in [3.05, 3.63) is 0 Å². The Morgan fingerprint density at radius 1 is 1.69 bits per heavy atom. The van der Waals surface area contributed by atoms with Crippen LogP contribution < -0.4 is 17.2 Å². The number of carbonyl (C=O) groups excluding carboxylic acids is 1. The van der Waals surface area contributed by atoms with Crippen LogP contribution in [0.15, 0.2) is 0 Å². The van der Waals surface area contributed by atoms with Crippen LogP contribution in [0.1, 0.15) is 19.8 Å². The maximum Gasteiger partial charge on any atom is 0.327 e. The second-order valence-electron chi connectivity index (χ2n) is 2.59. The van der Waals surface area contributed by atoms with E-state index in [1.54, 1.807) is 11.8 Å². The van der Waals surface area contributed by atoms with Crippen LogP contribution in [-0.4, -0.2) is 23.5 Å². The molecule has 0 bridgehead atoms. The Balaban J connectivity index is 3.20. The summed E-state index contributed by atoms with van der Waals surface area (Å²) >= 11 is 1.65. The average Bonchev–Trinajstić information content (AvgIpc) is 2.12. The highest BCUT2D eigenvalue weighted by Gasteiger charge is 2.03. The first-order valence-electron chi connectivity index (χ1n) is 4.19. The molecule has 0 spiro atoms. The van der Waals surface area contributed by atoms with Gasteiger partial charge in [-0.1, -0.05) is 12.5 Å². The van der Waals surface area contributed by atoms with Gasteiger partial charge in [-0.2, -0.15) is 11.8 Å². The van der Waals surface area contributed by atoms with Crippen LogP contribution in [0.4, 0.5) is 0 Å². The van der Waals surface area contributed by atoms with Gasteiger partial charge in [0, 0.05) is 17.5 Å². The molecule has 5 nitrogen and oxygen atoms in total. The summed E-state index contributed by atoms with van der Waals surface area (Å²) in [5, 5.41) is 0. The van der Waals surface area contributed by atoms with E-state index in [0.717, 1.165) is 12.2 Å². The van der Waals surface area contributed by atoms with Crippen LogP contribution in [0.25, 0.3) is 0 Å². The fourth-order valence-corrected chi connectivity index (χ4v) is 1.64. The largest absolute Gasteiger partial charge is 0.356 e. The zero-order valence-corrected chi connectivity index (χ0v) is 8.60. The quantitative estimate of drug-likeness (QED) is 0.303. The molecule has 0 rings (SSSR count). The summed E-state index contributed by atoms with van der Waals surface area (Å²) in [6.45, 7) is 2.04. The highest BCUT2D eigenvalue weighted by Crippen LogP contribution is 2.05. The summed E-state index contributed by atoms with van der Waals surface area (Å²) in [6, 6.07) is 0.216. The molecule has 0 aromatic carbocycles. The van der Waals surface area contributed by atoms with Gasteiger partial charge in [0.05, 0.1) is 6.42 Å². The summed E-state index contributed by atoms with van der Waals surface area (Å²) < 4.78 is 0. The van der Waals surface area contributed by atoms with Crippen LogP contribution in [-0.2, 0) is 9.63 Å². The lowest BCUT2D eigenvalue weighted by Gasteiger charge is -2.07. The Kier molecular flexibility index (Phi) is 8.11. The Morgan fingerprint density at radius 2 is 2.38 bits per heavy atom. The van der Waals surface area contributed by atoms with Gasteiger partial charge in [0.15, 0.2) is 0 Å². The summed E-state index contributed by atoms with van der Waals surface area (Å²) in [7, 11) is 0. The SMILES string of the molecule is CCC(N)CSCCC(=O)ONN. The normalized spacial score (nSPS) is 12.5. The molecule has 0 amide bonds. The van der Waals surface area contributed by atoms with Gasteiger partial charge in [0.1, 0.15) is 0 Å². The average molecular weight is 207 g/mol. The topological polar surface area (TPSA) is 90.4 Å². The molecule has 0 aliphatic rings. The molecule has 0 aliphatic heterocycles. The third kappa shape index (κ3) is 8.04. The molecule has 0 saturated heterocycles. The van der Waals surface area contributed by atoms with Crippen LogP contribution in [0.3, 0.4) is 0 Å². The summed E-state index contributed by atoms with van der Waals surface area (Å²) in [4.78, 5) is 15.1. The molecule has 0 aliphatic carbocycles. The molecule has 0 fully saturated rings. The van der Waals surface area contributed by atoms with Crippen LogP contribution in [0.5, 0.6) is 0 Å².